The third-order valence-corrected chi connectivity index (χ3v) is 5.42. The van der Waals surface area contributed by atoms with Gasteiger partial charge in [-0.05, 0) is 24.6 Å². The summed E-state index contributed by atoms with van der Waals surface area (Å²) in [4.78, 5) is 12.3. The third-order valence-electron chi connectivity index (χ3n) is 4.50. The summed E-state index contributed by atoms with van der Waals surface area (Å²) in [5.74, 6) is 1.12. The minimum atomic E-state index is -0.237. The van der Waals surface area contributed by atoms with Crippen LogP contribution >= 0.6 is 11.3 Å². The highest BCUT2D eigenvalue weighted by molar-refractivity contribution is 7.09. The van der Waals surface area contributed by atoms with E-state index >= 15 is 0 Å². The average Bonchev–Trinajstić information content (AvgIpc) is 3.27. The van der Waals surface area contributed by atoms with Crippen molar-refractivity contribution in [3.8, 4) is 0 Å². The fourth-order valence-corrected chi connectivity index (χ4v) is 3.85. The SMILES string of the molecule is Cc1ncsc1CN1CCO[C@H](c2ncc(Cc3ccc(F)cc3)o2)C1. The second kappa shape index (κ2) is 7.65. The molecule has 1 aliphatic rings. The van der Waals surface area contributed by atoms with Crippen molar-refractivity contribution in [1.29, 1.82) is 0 Å². The average molecular weight is 373 g/mol. The molecular formula is C19H20FN3O2S. The maximum atomic E-state index is 13.0. The molecule has 1 atom stereocenters. The van der Waals surface area contributed by atoms with Crippen molar-refractivity contribution in [1.82, 2.24) is 14.9 Å². The Kier molecular flexibility index (Phi) is 5.10. The van der Waals surface area contributed by atoms with Gasteiger partial charge < -0.3 is 9.15 Å². The first-order valence-electron chi connectivity index (χ1n) is 8.59. The lowest BCUT2D eigenvalue weighted by Gasteiger charge is -2.31. The number of hydrogen-bond acceptors (Lipinski definition) is 6. The predicted molar refractivity (Wildman–Crippen MR) is 96.5 cm³/mol. The summed E-state index contributed by atoms with van der Waals surface area (Å²) in [6, 6.07) is 6.42. The molecule has 0 bridgehead atoms. The van der Waals surface area contributed by atoms with Gasteiger partial charge in [0.2, 0.25) is 5.89 Å². The van der Waals surface area contributed by atoms with Crippen LogP contribution in [0.15, 0.2) is 40.4 Å². The molecule has 4 rings (SSSR count). The summed E-state index contributed by atoms with van der Waals surface area (Å²) in [5, 5.41) is 0. The zero-order valence-corrected chi connectivity index (χ0v) is 15.3. The molecular weight excluding hydrogens is 353 g/mol. The van der Waals surface area contributed by atoms with E-state index in [2.05, 4.69) is 14.9 Å². The molecule has 1 aromatic carbocycles. The number of oxazole rings is 1. The van der Waals surface area contributed by atoms with Crippen LogP contribution in [0.1, 0.15) is 33.9 Å². The Morgan fingerprint density at radius 2 is 2.12 bits per heavy atom. The van der Waals surface area contributed by atoms with Gasteiger partial charge in [-0.25, -0.2) is 14.4 Å². The molecule has 3 heterocycles. The Morgan fingerprint density at radius 1 is 1.27 bits per heavy atom. The van der Waals surface area contributed by atoms with Gasteiger partial charge in [0.1, 0.15) is 17.7 Å². The van der Waals surface area contributed by atoms with Crippen LogP contribution in [0.25, 0.3) is 0 Å². The van der Waals surface area contributed by atoms with E-state index in [0.29, 0.717) is 18.9 Å². The fourth-order valence-electron chi connectivity index (χ4n) is 3.03. The van der Waals surface area contributed by atoms with E-state index in [-0.39, 0.29) is 11.9 Å². The van der Waals surface area contributed by atoms with Gasteiger partial charge in [0.15, 0.2) is 0 Å². The summed E-state index contributed by atoms with van der Waals surface area (Å²) in [6.07, 6.45) is 2.15. The van der Waals surface area contributed by atoms with Crippen LogP contribution in [0.5, 0.6) is 0 Å². The molecule has 0 aliphatic carbocycles. The van der Waals surface area contributed by atoms with Gasteiger partial charge in [-0.2, -0.15) is 0 Å². The van der Waals surface area contributed by atoms with E-state index in [9.17, 15) is 4.39 Å². The highest BCUT2D eigenvalue weighted by Crippen LogP contribution is 2.25. The number of morpholine rings is 1. The molecule has 5 nitrogen and oxygen atoms in total. The molecule has 0 spiro atoms. The number of benzene rings is 1. The zero-order valence-electron chi connectivity index (χ0n) is 14.5. The number of aryl methyl sites for hydroxylation is 1. The fraction of sp³-hybridized carbons (Fsp3) is 0.368. The molecule has 2 aromatic heterocycles. The van der Waals surface area contributed by atoms with E-state index in [0.717, 1.165) is 36.7 Å². The molecule has 0 amide bonds. The Bertz CT molecular complexity index is 862. The van der Waals surface area contributed by atoms with E-state index < -0.39 is 0 Å². The molecule has 3 aromatic rings. The van der Waals surface area contributed by atoms with Crippen molar-refractivity contribution in [2.45, 2.75) is 26.0 Å². The van der Waals surface area contributed by atoms with Gasteiger partial charge in [0.05, 0.1) is 24.0 Å². The van der Waals surface area contributed by atoms with Crippen LogP contribution in [0.4, 0.5) is 4.39 Å². The molecule has 0 unspecified atom stereocenters. The molecule has 0 saturated carbocycles. The van der Waals surface area contributed by atoms with Crippen LogP contribution < -0.4 is 0 Å². The van der Waals surface area contributed by atoms with Crippen LogP contribution in [0.3, 0.4) is 0 Å². The van der Waals surface area contributed by atoms with Gasteiger partial charge in [0, 0.05) is 30.9 Å². The first-order chi connectivity index (χ1) is 12.7. The van der Waals surface area contributed by atoms with E-state index in [1.54, 1.807) is 29.7 Å². The lowest BCUT2D eigenvalue weighted by atomic mass is 10.1. The zero-order chi connectivity index (χ0) is 17.9. The summed E-state index contributed by atoms with van der Waals surface area (Å²) in [5.41, 5.74) is 3.97. The van der Waals surface area contributed by atoms with E-state index in [1.807, 2.05) is 12.4 Å². The second-order valence-electron chi connectivity index (χ2n) is 6.42. The molecule has 1 fully saturated rings. The number of nitrogens with zero attached hydrogens (tertiary/aromatic N) is 3. The van der Waals surface area contributed by atoms with E-state index in [1.165, 1.54) is 17.0 Å². The molecule has 7 heteroatoms. The van der Waals surface area contributed by atoms with Gasteiger partial charge in [-0.1, -0.05) is 12.1 Å². The maximum Gasteiger partial charge on any atom is 0.224 e. The van der Waals surface area contributed by atoms with Gasteiger partial charge in [-0.3, -0.25) is 4.90 Å². The van der Waals surface area contributed by atoms with Crippen molar-refractivity contribution in [3.63, 3.8) is 0 Å². The van der Waals surface area contributed by atoms with Crippen molar-refractivity contribution in [2.24, 2.45) is 0 Å². The molecule has 136 valence electrons. The van der Waals surface area contributed by atoms with Crippen molar-refractivity contribution < 1.29 is 13.5 Å². The van der Waals surface area contributed by atoms with E-state index in [4.69, 9.17) is 9.15 Å². The minimum Gasteiger partial charge on any atom is -0.442 e. The molecule has 0 N–H and O–H groups in total. The summed E-state index contributed by atoms with van der Waals surface area (Å²) < 4.78 is 24.8. The number of hydrogen-bond donors (Lipinski definition) is 0. The van der Waals surface area contributed by atoms with Crippen molar-refractivity contribution in [2.75, 3.05) is 19.7 Å². The van der Waals surface area contributed by atoms with Gasteiger partial charge >= 0.3 is 0 Å². The summed E-state index contributed by atoms with van der Waals surface area (Å²) >= 11 is 1.69. The molecule has 1 aliphatic heterocycles. The number of thiazole rings is 1. The number of aromatic nitrogens is 2. The van der Waals surface area contributed by atoms with Crippen LogP contribution in [0.2, 0.25) is 0 Å². The summed E-state index contributed by atoms with van der Waals surface area (Å²) in [7, 11) is 0. The first-order valence-corrected chi connectivity index (χ1v) is 9.47. The van der Waals surface area contributed by atoms with Gasteiger partial charge in [0.25, 0.3) is 0 Å². The number of rotatable bonds is 5. The number of ether oxygens (including phenoxy) is 1. The minimum absolute atomic E-state index is 0.168. The molecule has 0 radical (unpaired) electrons. The Hall–Kier alpha value is -2.09. The Balaban J connectivity index is 1.40. The highest BCUT2D eigenvalue weighted by Gasteiger charge is 2.26. The normalized spacial score (nSPS) is 18.3. The number of halogens is 1. The van der Waals surface area contributed by atoms with Crippen LogP contribution in [-0.4, -0.2) is 34.6 Å². The summed E-state index contributed by atoms with van der Waals surface area (Å²) in [6.45, 7) is 5.20. The smallest absolute Gasteiger partial charge is 0.224 e. The topological polar surface area (TPSA) is 51.4 Å². The third kappa shape index (κ3) is 4.00. The van der Waals surface area contributed by atoms with Gasteiger partial charge in [-0.15, -0.1) is 11.3 Å². The Labute approximate surface area is 155 Å². The second-order valence-corrected chi connectivity index (χ2v) is 7.36. The highest BCUT2D eigenvalue weighted by atomic mass is 32.1. The van der Waals surface area contributed by atoms with Crippen LogP contribution in [0, 0.1) is 12.7 Å². The Morgan fingerprint density at radius 3 is 2.88 bits per heavy atom. The monoisotopic (exact) mass is 373 g/mol. The molecule has 1 saturated heterocycles. The standard InChI is InChI=1S/C19H20FN3O2S/c1-13-18(26-12-22-13)11-23-6-7-24-17(10-23)19-21-9-16(25-19)8-14-2-4-15(20)5-3-14/h2-5,9,12,17H,6-8,10-11H2,1H3/t17-/m0/s1. The van der Waals surface area contributed by atoms with Crippen molar-refractivity contribution in [3.05, 3.63) is 69.6 Å². The lowest BCUT2D eigenvalue weighted by Crippen LogP contribution is -2.37. The lowest BCUT2D eigenvalue weighted by molar-refractivity contribution is -0.0454. The van der Waals surface area contributed by atoms with Crippen molar-refractivity contribution >= 4 is 11.3 Å². The largest absolute Gasteiger partial charge is 0.442 e. The maximum absolute atomic E-state index is 13.0. The van der Waals surface area contributed by atoms with Crippen LogP contribution in [-0.2, 0) is 17.7 Å². The quantitative estimate of drug-likeness (QED) is 0.682. The molecule has 26 heavy (non-hydrogen) atoms. The first kappa shape index (κ1) is 17.3. The predicted octanol–water partition coefficient (Wildman–Crippen LogP) is 3.74.